The highest BCUT2D eigenvalue weighted by Crippen LogP contribution is 2.25. The number of amides is 1. The molecule has 0 saturated carbocycles. The Kier molecular flexibility index (Phi) is 6.60. The summed E-state index contributed by atoms with van der Waals surface area (Å²) < 4.78 is 0. The SMILES string of the molecule is CCc1ccc(-c2nc(CN(C)CC(=O)Nc3c(C)cccc3C)cs2)cc1. The molecule has 28 heavy (non-hydrogen) atoms. The van der Waals surface area contributed by atoms with Crippen LogP contribution in [0.5, 0.6) is 0 Å². The molecule has 0 atom stereocenters. The van der Waals surface area contributed by atoms with Crippen LogP contribution in [-0.4, -0.2) is 29.4 Å². The van der Waals surface area contributed by atoms with Crippen LogP contribution in [0.15, 0.2) is 47.8 Å². The highest BCUT2D eigenvalue weighted by Gasteiger charge is 2.12. The van der Waals surface area contributed by atoms with Crippen molar-refractivity contribution >= 4 is 22.9 Å². The van der Waals surface area contributed by atoms with Crippen LogP contribution in [-0.2, 0) is 17.8 Å². The first-order valence-corrected chi connectivity index (χ1v) is 10.4. The summed E-state index contributed by atoms with van der Waals surface area (Å²) in [5, 5.41) is 6.13. The number of nitrogens with zero attached hydrogens (tertiary/aromatic N) is 2. The average Bonchev–Trinajstić information content (AvgIpc) is 3.13. The van der Waals surface area contributed by atoms with E-state index in [1.54, 1.807) is 11.3 Å². The Labute approximate surface area is 171 Å². The quantitative estimate of drug-likeness (QED) is 0.610. The van der Waals surface area contributed by atoms with E-state index in [2.05, 4.69) is 41.9 Å². The van der Waals surface area contributed by atoms with Gasteiger partial charge in [0.05, 0.1) is 12.2 Å². The van der Waals surface area contributed by atoms with Crippen LogP contribution < -0.4 is 5.32 Å². The third-order valence-corrected chi connectivity index (χ3v) is 5.69. The molecule has 0 bridgehead atoms. The molecule has 0 aliphatic heterocycles. The van der Waals surface area contributed by atoms with Crippen molar-refractivity contribution in [1.29, 1.82) is 0 Å². The molecule has 1 aromatic heterocycles. The number of likely N-dealkylation sites (N-methyl/N-ethyl adjacent to an activating group) is 1. The Hall–Kier alpha value is -2.50. The number of carbonyl (C=O) groups is 1. The van der Waals surface area contributed by atoms with E-state index in [0.717, 1.165) is 39.5 Å². The van der Waals surface area contributed by atoms with Gasteiger partial charge in [-0.3, -0.25) is 9.69 Å². The van der Waals surface area contributed by atoms with Gasteiger partial charge < -0.3 is 5.32 Å². The van der Waals surface area contributed by atoms with Gasteiger partial charge in [-0.2, -0.15) is 0 Å². The maximum atomic E-state index is 12.4. The predicted octanol–water partition coefficient (Wildman–Crippen LogP) is 5.06. The van der Waals surface area contributed by atoms with E-state index in [-0.39, 0.29) is 5.91 Å². The van der Waals surface area contributed by atoms with E-state index in [9.17, 15) is 4.79 Å². The number of para-hydroxylation sites is 1. The summed E-state index contributed by atoms with van der Waals surface area (Å²) in [4.78, 5) is 19.2. The van der Waals surface area contributed by atoms with Crippen LogP contribution in [0.3, 0.4) is 0 Å². The number of rotatable bonds is 7. The topological polar surface area (TPSA) is 45.2 Å². The van der Waals surface area contributed by atoms with E-state index >= 15 is 0 Å². The smallest absolute Gasteiger partial charge is 0.238 e. The summed E-state index contributed by atoms with van der Waals surface area (Å²) in [5.74, 6) is -0.00879. The average molecular weight is 394 g/mol. The molecule has 3 aromatic rings. The largest absolute Gasteiger partial charge is 0.324 e. The second-order valence-corrected chi connectivity index (χ2v) is 8.04. The Morgan fingerprint density at radius 3 is 2.43 bits per heavy atom. The molecule has 1 N–H and O–H groups in total. The molecule has 0 saturated heterocycles. The minimum Gasteiger partial charge on any atom is -0.324 e. The monoisotopic (exact) mass is 393 g/mol. The van der Waals surface area contributed by atoms with Crippen molar-refractivity contribution in [3.8, 4) is 10.6 Å². The minimum absolute atomic E-state index is 0.00879. The molecule has 4 nitrogen and oxygen atoms in total. The molecule has 3 rings (SSSR count). The number of aryl methyl sites for hydroxylation is 3. The maximum Gasteiger partial charge on any atom is 0.238 e. The van der Waals surface area contributed by atoms with E-state index in [1.165, 1.54) is 5.56 Å². The van der Waals surface area contributed by atoms with E-state index in [1.807, 2.05) is 44.0 Å². The first kappa shape index (κ1) is 20.2. The van der Waals surface area contributed by atoms with Crippen LogP contribution in [0.4, 0.5) is 5.69 Å². The first-order chi connectivity index (χ1) is 13.5. The number of aromatic nitrogens is 1. The van der Waals surface area contributed by atoms with Crippen molar-refractivity contribution in [2.75, 3.05) is 18.9 Å². The molecular weight excluding hydrogens is 366 g/mol. The van der Waals surface area contributed by atoms with Gasteiger partial charge >= 0.3 is 0 Å². The van der Waals surface area contributed by atoms with Crippen LogP contribution in [0.1, 0.15) is 29.3 Å². The van der Waals surface area contributed by atoms with Crippen LogP contribution in [0, 0.1) is 13.8 Å². The van der Waals surface area contributed by atoms with Crippen molar-refractivity contribution in [3.63, 3.8) is 0 Å². The lowest BCUT2D eigenvalue weighted by atomic mass is 10.1. The van der Waals surface area contributed by atoms with Crippen molar-refractivity contribution in [2.45, 2.75) is 33.7 Å². The fraction of sp³-hybridized carbons (Fsp3) is 0.304. The molecule has 0 spiro atoms. The summed E-state index contributed by atoms with van der Waals surface area (Å²) in [6.07, 6.45) is 1.04. The lowest BCUT2D eigenvalue weighted by Gasteiger charge is -2.16. The number of thiazole rings is 1. The second kappa shape index (κ2) is 9.13. The van der Waals surface area contributed by atoms with Gasteiger partial charge in [-0.15, -0.1) is 11.3 Å². The summed E-state index contributed by atoms with van der Waals surface area (Å²) in [6.45, 7) is 7.14. The van der Waals surface area contributed by atoms with Crippen LogP contribution in [0.25, 0.3) is 10.6 Å². The van der Waals surface area contributed by atoms with Crippen molar-refractivity contribution in [1.82, 2.24) is 9.88 Å². The predicted molar refractivity (Wildman–Crippen MR) is 118 cm³/mol. The number of benzene rings is 2. The molecule has 2 aromatic carbocycles. The molecule has 0 radical (unpaired) electrons. The third-order valence-electron chi connectivity index (χ3n) is 4.75. The molecule has 1 amide bonds. The van der Waals surface area contributed by atoms with Gasteiger partial charge in [0.25, 0.3) is 0 Å². The minimum atomic E-state index is -0.00879. The highest BCUT2D eigenvalue weighted by molar-refractivity contribution is 7.13. The van der Waals surface area contributed by atoms with Gasteiger partial charge in [-0.05, 0) is 44.0 Å². The third kappa shape index (κ3) is 5.06. The second-order valence-electron chi connectivity index (χ2n) is 7.18. The van der Waals surface area contributed by atoms with Gasteiger partial charge in [0, 0.05) is 23.2 Å². The number of carbonyl (C=O) groups excluding carboxylic acids is 1. The molecule has 0 aliphatic carbocycles. The zero-order valence-corrected chi connectivity index (χ0v) is 17.8. The summed E-state index contributed by atoms with van der Waals surface area (Å²) in [7, 11) is 1.94. The van der Waals surface area contributed by atoms with Crippen LogP contribution >= 0.6 is 11.3 Å². The number of nitrogens with one attached hydrogen (secondary N) is 1. The fourth-order valence-corrected chi connectivity index (χ4v) is 3.98. The lowest BCUT2D eigenvalue weighted by Crippen LogP contribution is -2.30. The zero-order chi connectivity index (χ0) is 20.1. The summed E-state index contributed by atoms with van der Waals surface area (Å²) in [6, 6.07) is 14.6. The van der Waals surface area contributed by atoms with E-state index in [0.29, 0.717) is 13.1 Å². The van der Waals surface area contributed by atoms with Crippen LogP contribution in [0.2, 0.25) is 0 Å². The Balaban J connectivity index is 1.58. The van der Waals surface area contributed by atoms with Gasteiger partial charge in [0.2, 0.25) is 5.91 Å². The molecule has 0 fully saturated rings. The number of hydrogen-bond acceptors (Lipinski definition) is 4. The number of anilines is 1. The Morgan fingerprint density at radius 1 is 1.11 bits per heavy atom. The highest BCUT2D eigenvalue weighted by atomic mass is 32.1. The van der Waals surface area contributed by atoms with Gasteiger partial charge in [0.1, 0.15) is 5.01 Å². The van der Waals surface area contributed by atoms with Gasteiger partial charge in [0.15, 0.2) is 0 Å². The van der Waals surface area contributed by atoms with Crippen molar-refractivity contribution in [2.24, 2.45) is 0 Å². The first-order valence-electron chi connectivity index (χ1n) is 9.54. The lowest BCUT2D eigenvalue weighted by molar-refractivity contribution is -0.117. The molecule has 0 aliphatic rings. The fourth-order valence-electron chi connectivity index (χ4n) is 3.16. The molecule has 0 unspecified atom stereocenters. The normalized spacial score (nSPS) is 11.0. The standard InChI is InChI=1S/C23H27N3OS/c1-5-18-9-11-19(12-10-18)23-24-20(15-28-23)13-26(4)14-21(27)25-22-16(2)7-6-8-17(22)3/h6-12,15H,5,13-14H2,1-4H3,(H,25,27). The van der Waals surface area contributed by atoms with Crippen molar-refractivity contribution < 1.29 is 4.79 Å². The molecule has 1 heterocycles. The van der Waals surface area contributed by atoms with Gasteiger partial charge in [-0.1, -0.05) is 49.4 Å². The summed E-state index contributed by atoms with van der Waals surface area (Å²) >= 11 is 1.65. The van der Waals surface area contributed by atoms with E-state index in [4.69, 9.17) is 4.98 Å². The zero-order valence-electron chi connectivity index (χ0n) is 17.0. The van der Waals surface area contributed by atoms with E-state index < -0.39 is 0 Å². The summed E-state index contributed by atoms with van der Waals surface area (Å²) in [5.41, 5.74) is 6.52. The Morgan fingerprint density at radius 2 is 1.79 bits per heavy atom. The maximum absolute atomic E-state index is 12.4. The Bertz CT molecular complexity index is 926. The van der Waals surface area contributed by atoms with Crippen molar-refractivity contribution in [3.05, 3.63) is 70.2 Å². The molecule has 5 heteroatoms. The van der Waals surface area contributed by atoms with Gasteiger partial charge in [-0.25, -0.2) is 4.98 Å². The number of hydrogen-bond donors (Lipinski definition) is 1. The molecular formula is C23H27N3OS. The molecule has 146 valence electrons.